The van der Waals surface area contributed by atoms with Crippen LogP contribution < -0.4 is 0 Å². The molecule has 0 bridgehead atoms. The van der Waals surface area contributed by atoms with Crippen LogP contribution in [-0.2, 0) is 0 Å². The van der Waals surface area contributed by atoms with Crippen LogP contribution in [0.25, 0.3) is 5.69 Å². The molecule has 0 radical (unpaired) electrons. The number of rotatable bonds is 2. The van der Waals surface area contributed by atoms with Gasteiger partial charge in [0.25, 0.3) is 0 Å². The van der Waals surface area contributed by atoms with Gasteiger partial charge in [0.2, 0.25) is 0 Å². The van der Waals surface area contributed by atoms with Gasteiger partial charge in [0, 0.05) is 12.3 Å². The number of aromatic carboxylic acids is 1. The largest absolute Gasteiger partial charge is 0.478 e. The zero-order chi connectivity index (χ0) is 11.7. The van der Waals surface area contributed by atoms with Crippen molar-refractivity contribution in [1.82, 2.24) is 9.78 Å². The Bertz CT molecular complexity index is 552. The molecule has 4 nitrogen and oxygen atoms in total. The fourth-order valence-electron chi connectivity index (χ4n) is 1.23. The van der Waals surface area contributed by atoms with E-state index in [0.717, 1.165) is 35.3 Å². The number of carboxylic acid groups (broad SMARTS) is 1. The number of hydrogen-bond acceptors (Lipinski definition) is 2. The summed E-state index contributed by atoms with van der Waals surface area (Å²) in [6.45, 7) is 0. The Hall–Kier alpha value is -2.24. The van der Waals surface area contributed by atoms with Crippen LogP contribution in [0.1, 0.15) is 10.4 Å². The molecule has 6 heteroatoms. The molecule has 82 valence electrons. The third-order valence-corrected chi connectivity index (χ3v) is 1.98. The molecule has 1 heterocycles. The summed E-state index contributed by atoms with van der Waals surface area (Å²) in [6.07, 6.45) is 2.17. The number of benzene rings is 1. The second kappa shape index (κ2) is 3.73. The molecule has 1 N–H and O–H groups in total. The standard InChI is InChI=1S/C10H6F2N2O2/c11-7-1-2-8(12)9(3-7)14-5-6(4-13-14)10(15)16/h1-5H,(H,15,16). The van der Waals surface area contributed by atoms with E-state index in [1.165, 1.54) is 0 Å². The van der Waals surface area contributed by atoms with Crippen LogP contribution in [0, 0.1) is 11.6 Å². The Kier molecular flexibility index (Phi) is 2.40. The maximum Gasteiger partial charge on any atom is 0.338 e. The number of carbonyl (C=O) groups is 1. The quantitative estimate of drug-likeness (QED) is 0.846. The van der Waals surface area contributed by atoms with E-state index in [1.807, 2.05) is 0 Å². The van der Waals surface area contributed by atoms with Crippen molar-refractivity contribution in [3.8, 4) is 5.69 Å². The van der Waals surface area contributed by atoms with Gasteiger partial charge in [-0.2, -0.15) is 5.10 Å². The molecule has 0 aliphatic rings. The van der Waals surface area contributed by atoms with Crippen LogP contribution in [0.15, 0.2) is 30.6 Å². The molecule has 0 atom stereocenters. The van der Waals surface area contributed by atoms with E-state index in [2.05, 4.69) is 5.10 Å². The lowest BCUT2D eigenvalue weighted by Crippen LogP contribution is -1.99. The minimum atomic E-state index is -1.18. The van der Waals surface area contributed by atoms with E-state index < -0.39 is 17.6 Å². The van der Waals surface area contributed by atoms with Gasteiger partial charge < -0.3 is 5.11 Å². The molecule has 0 aliphatic heterocycles. The van der Waals surface area contributed by atoms with Crippen LogP contribution >= 0.6 is 0 Å². The number of carboxylic acids is 1. The van der Waals surface area contributed by atoms with Gasteiger partial charge in [0.15, 0.2) is 0 Å². The molecule has 1 aromatic carbocycles. The second-order valence-corrected chi connectivity index (χ2v) is 3.07. The van der Waals surface area contributed by atoms with Crippen molar-refractivity contribution in [2.75, 3.05) is 0 Å². The molecule has 2 aromatic rings. The Morgan fingerprint density at radius 2 is 2.12 bits per heavy atom. The van der Waals surface area contributed by atoms with Gasteiger partial charge in [0.1, 0.15) is 17.3 Å². The average Bonchev–Trinajstić information content (AvgIpc) is 2.70. The fraction of sp³-hybridized carbons (Fsp3) is 0. The highest BCUT2D eigenvalue weighted by molar-refractivity contribution is 5.86. The monoisotopic (exact) mass is 224 g/mol. The topological polar surface area (TPSA) is 55.1 Å². The Balaban J connectivity index is 2.50. The number of aromatic nitrogens is 2. The van der Waals surface area contributed by atoms with Crippen molar-refractivity contribution in [1.29, 1.82) is 0 Å². The van der Waals surface area contributed by atoms with Gasteiger partial charge in [-0.3, -0.25) is 0 Å². The molecule has 0 spiro atoms. The lowest BCUT2D eigenvalue weighted by Gasteiger charge is -2.02. The number of nitrogens with zero attached hydrogens (tertiary/aromatic N) is 2. The average molecular weight is 224 g/mol. The van der Waals surface area contributed by atoms with Gasteiger partial charge in [0.05, 0.1) is 11.8 Å². The maximum absolute atomic E-state index is 13.3. The van der Waals surface area contributed by atoms with Crippen molar-refractivity contribution < 1.29 is 18.7 Å². The molecule has 0 saturated heterocycles. The van der Waals surface area contributed by atoms with Crippen LogP contribution in [-0.4, -0.2) is 20.9 Å². The van der Waals surface area contributed by atoms with Gasteiger partial charge >= 0.3 is 5.97 Å². The maximum atomic E-state index is 13.3. The van der Waals surface area contributed by atoms with E-state index in [-0.39, 0.29) is 11.3 Å². The molecule has 0 fully saturated rings. The first-order valence-electron chi connectivity index (χ1n) is 4.31. The highest BCUT2D eigenvalue weighted by Gasteiger charge is 2.10. The highest BCUT2D eigenvalue weighted by Crippen LogP contribution is 2.14. The molecule has 0 saturated carbocycles. The first kappa shape index (κ1) is 10.3. The lowest BCUT2D eigenvalue weighted by atomic mass is 10.3. The summed E-state index contributed by atoms with van der Waals surface area (Å²) in [7, 11) is 0. The Morgan fingerprint density at radius 1 is 1.38 bits per heavy atom. The molecule has 1 aromatic heterocycles. The molecule has 16 heavy (non-hydrogen) atoms. The van der Waals surface area contributed by atoms with Gasteiger partial charge in [-0.1, -0.05) is 0 Å². The minimum Gasteiger partial charge on any atom is -0.478 e. The second-order valence-electron chi connectivity index (χ2n) is 3.07. The summed E-state index contributed by atoms with van der Waals surface area (Å²) < 4.78 is 27.1. The first-order chi connectivity index (χ1) is 7.58. The lowest BCUT2D eigenvalue weighted by molar-refractivity contribution is 0.0697. The van der Waals surface area contributed by atoms with Gasteiger partial charge in [-0.05, 0) is 12.1 Å². The summed E-state index contributed by atoms with van der Waals surface area (Å²) in [4.78, 5) is 10.6. The molecule has 0 aliphatic carbocycles. The van der Waals surface area contributed by atoms with Crippen LogP contribution in [0.3, 0.4) is 0 Å². The summed E-state index contributed by atoms with van der Waals surface area (Å²) in [6, 6.07) is 2.86. The summed E-state index contributed by atoms with van der Waals surface area (Å²) in [5.41, 5.74) is -0.226. The third-order valence-electron chi connectivity index (χ3n) is 1.98. The zero-order valence-electron chi connectivity index (χ0n) is 7.89. The van der Waals surface area contributed by atoms with E-state index in [0.29, 0.717) is 0 Å². The Morgan fingerprint density at radius 3 is 2.75 bits per heavy atom. The Labute approximate surface area is 88.7 Å². The molecule has 0 amide bonds. The van der Waals surface area contributed by atoms with Crippen molar-refractivity contribution >= 4 is 5.97 Å². The van der Waals surface area contributed by atoms with Crippen molar-refractivity contribution in [3.63, 3.8) is 0 Å². The van der Waals surface area contributed by atoms with Crippen LogP contribution in [0.4, 0.5) is 8.78 Å². The number of halogens is 2. The predicted octanol–water partition coefficient (Wildman–Crippen LogP) is 1.85. The van der Waals surface area contributed by atoms with Crippen molar-refractivity contribution in [3.05, 3.63) is 47.8 Å². The fourth-order valence-corrected chi connectivity index (χ4v) is 1.23. The third kappa shape index (κ3) is 1.77. The van der Waals surface area contributed by atoms with Crippen molar-refractivity contribution in [2.45, 2.75) is 0 Å². The SMILES string of the molecule is O=C(O)c1cnn(-c2cc(F)ccc2F)c1. The van der Waals surface area contributed by atoms with E-state index >= 15 is 0 Å². The smallest absolute Gasteiger partial charge is 0.338 e. The molecule has 2 rings (SSSR count). The molecular formula is C10H6F2N2O2. The van der Waals surface area contributed by atoms with Gasteiger partial charge in [-0.25, -0.2) is 18.3 Å². The van der Waals surface area contributed by atoms with Crippen LogP contribution in [0.5, 0.6) is 0 Å². The highest BCUT2D eigenvalue weighted by atomic mass is 19.1. The van der Waals surface area contributed by atoms with E-state index in [1.54, 1.807) is 0 Å². The normalized spacial score (nSPS) is 10.4. The molecular weight excluding hydrogens is 218 g/mol. The van der Waals surface area contributed by atoms with E-state index in [9.17, 15) is 13.6 Å². The van der Waals surface area contributed by atoms with Crippen molar-refractivity contribution in [2.24, 2.45) is 0 Å². The predicted molar refractivity (Wildman–Crippen MR) is 50.4 cm³/mol. The minimum absolute atomic E-state index is 0.0938. The van der Waals surface area contributed by atoms with E-state index in [4.69, 9.17) is 5.11 Å². The summed E-state index contributed by atoms with van der Waals surface area (Å²) >= 11 is 0. The summed E-state index contributed by atoms with van der Waals surface area (Å²) in [5, 5.41) is 12.3. The van der Waals surface area contributed by atoms with Crippen LogP contribution in [0.2, 0.25) is 0 Å². The van der Waals surface area contributed by atoms with Gasteiger partial charge in [-0.15, -0.1) is 0 Å². The number of hydrogen-bond donors (Lipinski definition) is 1. The first-order valence-corrected chi connectivity index (χ1v) is 4.31. The zero-order valence-corrected chi connectivity index (χ0v) is 7.89. The summed E-state index contributed by atoms with van der Waals surface area (Å²) in [5.74, 6) is -2.48. The molecule has 0 unspecified atom stereocenters.